The van der Waals surface area contributed by atoms with E-state index in [9.17, 15) is 9.90 Å². The summed E-state index contributed by atoms with van der Waals surface area (Å²) in [6.07, 6.45) is 9.73. The van der Waals surface area contributed by atoms with E-state index in [2.05, 4.69) is 14.8 Å². The Bertz CT molecular complexity index is 1170. The van der Waals surface area contributed by atoms with E-state index in [1.165, 1.54) is 38.8 Å². The average molecular weight is 460 g/mol. The number of aromatic carboxylic acids is 1. The van der Waals surface area contributed by atoms with Crippen molar-refractivity contribution in [3.8, 4) is 5.69 Å². The van der Waals surface area contributed by atoms with Crippen molar-refractivity contribution < 1.29 is 9.90 Å². The summed E-state index contributed by atoms with van der Waals surface area (Å²) in [5.74, 6) is -0.563. The maximum absolute atomic E-state index is 12.1. The summed E-state index contributed by atoms with van der Waals surface area (Å²) in [7, 11) is 0. The van der Waals surface area contributed by atoms with Gasteiger partial charge in [-0.25, -0.2) is 14.5 Å². The third kappa shape index (κ3) is 3.86. The molecule has 2 aromatic heterocycles. The smallest absolute Gasteiger partial charge is 0.354 e. The van der Waals surface area contributed by atoms with Crippen molar-refractivity contribution in [3.05, 3.63) is 47.8 Å². The highest BCUT2D eigenvalue weighted by Crippen LogP contribution is 2.43. The van der Waals surface area contributed by atoms with Gasteiger partial charge in [-0.3, -0.25) is 0 Å². The van der Waals surface area contributed by atoms with Gasteiger partial charge in [0.25, 0.3) is 0 Å². The molecule has 0 spiro atoms. The highest BCUT2D eigenvalue weighted by atomic mass is 16.4. The molecular formula is C27H33N5O2. The van der Waals surface area contributed by atoms with Crippen LogP contribution in [0.1, 0.15) is 73.5 Å². The molecule has 34 heavy (non-hydrogen) atoms. The van der Waals surface area contributed by atoms with Crippen LogP contribution in [0.15, 0.2) is 36.4 Å². The van der Waals surface area contributed by atoms with Gasteiger partial charge in [-0.05, 0) is 69.8 Å². The van der Waals surface area contributed by atoms with Crippen LogP contribution < -0.4 is 4.90 Å². The summed E-state index contributed by atoms with van der Waals surface area (Å²) in [5.41, 5.74) is 3.77. The summed E-state index contributed by atoms with van der Waals surface area (Å²) in [4.78, 5) is 21.8. The number of hydrogen-bond acceptors (Lipinski definition) is 5. The standard InChI is InChI=1S/C27H33N5O2/c33-27(34)22-18-23(31-16-12-20(13-17-31)30-14-5-2-6-15-30)24-25(19-8-7-9-19)29-32(26(24)28-22)21-10-3-1-4-11-21/h1,3-4,10-11,18-20H,2,5-9,12-17H2,(H,33,34). The van der Waals surface area contributed by atoms with Gasteiger partial charge in [0.1, 0.15) is 0 Å². The van der Waals surface area contributed by atoms with E-state index in [-0.39, 0.29) is 5.69 Å². The topological polar surface area (TPSA) is 74.5 Å². The number of pyridine rings is 1. The lowest BCUT2D eigenvalue weighted by Gasteiger charge is -2.41. The number of nitrogens with zero attached hydrogens (tertiary/aromatic N) is 5. The Hall–Kier alpha value is -2.93. The van der Waals surface area contributed by atoms with Crippen LogP contribution in [0.3, 0.4) is 0 Å². The molecule has 2 saturated heterocycles. The maximum Gasteiger partial charge on any atom is 0.354 e. The molecule has 1 N–H and O–H groups in total. The third-order valence-corrected chi connectivity index (χ3v) is 8.07. The number of likely N-dealkylation sites (tertiary alicyclic amines) is 1. The molecule has 178 valence electrons. The molecular weight excluding hydrogens is 426 g/mol. The van der Waals surface area contributed by atoms with Crippen LogP contribution in [0.4, 0.5) is 5.69 Å². The fourth-order valence-corrected chi connectivity index (χ4v) is 5.95. The van der Waals surface area contributed by atoms with Crippen LogP contribution in [-0.2, 0) is 0 Å². The quantitative estimate of drug-likeness (QED) is 0.588. The van der Waals surface area contributed by atoms with E-state index < -0.39 is 5.97 Å². The summed E-state index contributed by atoms with van der Waals surface area (Å²) in [6.45, 7) is 4.34. The number of carboxylic acid groups (broad SMARTS) is 1. The zero-order valence-electron chi connectivity index (χ0n) is 19.7. The second-order valence-electron chi connectivity index (χ2n) is 10.1. The normalized spacial score (nSPS) is 20.5. The molecule has 1 aliphatic carbocycles. The van der Waals surface area contributed by atoms with Gasteiger partial charge in [0.15, 0.2) is 11.3 Å². The molecule has 0 bridgehead atoms. The first-order valence-electron chi connectivity index (χ1n) is 12.9. The largest absolute Gasteiger partial charge is 0.477 e. The number of para-hydroxylation sites is 1. The SMILES string of the molecule is O=C(O)c1cc(N2CCC(N3CCCCC3)CC2)c2c(C3CCC3)nn(-c3ccccc3)c2n1. The summed E-state index contributed by atoms with van der Waals surface area (Å²) in [5, 5.41) is 16.0. The van der Waals surface area contributed by atoms with E-state index in [0.29, 0.717) is 17.6 Å². The maximum atomic E-state index is 12.1. The number of rotatable bonds is 5. The van der Waals surface area contributed by atoms with Gasteiger partial charge < -0.3 is 14.9 Å². The number of anilines is 1. The second-order valence-corrected chi connectivity index (χ2v) is 10.1. The van der Waals surface area contributed by atoms with E-state index >= 15 is 0 Å². The van der Waals surface area contributed by atoms with Crippen LogP contribution >= 0.6 is 0 Å². The number of aromatic nitrogens is 3. The fraction of sp³-hybridized carbons (Fsp3) is 0.519. The molecule has 7 heteroatoms. The zero-order valence-corrected chi connectivity index (χ0v) is 19.7. The van der Waals surface area contributed by atoms with Crippen molar-refractivity contribution in [2.24, 2.45) is 0 Å². The average Bonchev–Trinajstić information content (AvgIpc) is 3.23. The molecule has 3 fully saturated rings. The van der Waals surface area contributed by atoms with Crippen molar-refractivity contribution in [1.82, 2.24) is 19.7 Å². The predicted octanol–water partition coefficient (Wildman–Crippen LogP) is 4.84. The second kappa shape index (κ2) is 9.02. The van der Waals surface area contributed by atoms with E-state index in [0.717, 1.165) is 61.2 Å². The molecule has 1 aromatic carbocycles. The molecule has 3 aliphatic rings. The highest BCUT2D eigenvalue weighted by molar-refractivity contribution is 5.98. The molecule has 0 radical (unpaired) electrons. The minimum Gasteiger partial charge on any atom is -0.477 e. The lowest BCUT2D eigenvalue weighted by Crippen LogP contribution is -2.46. The molecule has 0 amide bonds. The van der Waals surface area contributed by atoms with Gasteiger partial charge in [0.05, 0.1) is 22.5 Å². The third-order valence-electron chi connectivity index (χ3n) is 8.07. The van der Waals surface area contributed by atoms with Crippen molar-refractivity contribution in [1.29, 1.82) is 0 Å². The van der Waals surface area contributed by atoms with Gasteiger partial charge in [0, 0.05) is 25.0 Å². The molecule has 4 heterocycles. The van der Waals surface area contributed by atoms with Gasteiger partial charge in [-0.15, -0.1) is 0 Å². The van der Waals surface area contributed by atoms with E-state index in [1.54, 1.807) is 6.07 Å². The van der Waals surface area contributed by atoms with Crippen LogP contribution in [0.5, 0.6) is 0 Å². The van der Waals surface area contributed by atoms with Crippen molar-refractivity contribution in [2.45, 2.75) is 63.3 Å². The Morgan fingerprint density at radius 2 is 1.65 bits per heavy atom. The predicted molar refractivity (Wildman–Crippen MR) is 133 cm³/mol. The van der Waals surface area contributed by atoms with Crippen LogP contribution in [0.25, 0.3) is 16.7 Å². The van der Waals surface area contributed by atoms with Crippen LogP contribution in [0.2, 0.25) is 0 Å². The van der Waals surface area contributed by atoms with Gasteiger partial charge in [0.2, 0.25) is 0 Å². The Kier molecular flexibility index (Phi) is 5.73. The molecule has 1 saturated carbocycles. The lowest BCUT2D eigenvalue weighted by atomic mass is 9.82. The Balaban J connectivity index is 1.42. The van der Waals surface area contributed by atoms with E-state index in [4.69, 9.17) is 5.10 Å². The highest BCUT2D eigenvalue weighted by Gasteiger charge is 2.32. The first kappa shape index (κ1) is 21.6. The number of piperidine rings is 2. The monoisotopic (exact) mass is 459 g/mol. The molecule has 2 aliphatic heterocycles. The molecule has 3 aromatic rings. The molecule has 0 atom stereocenters. The number of carbonyl (C=O) groups is 1. The molecule has 7 nitrogen and oxygen atoms in total. The lowest BCUT2D eigenvalue weighted by molar-refractivity contribution is 0.0691. The number of carboxylic acids is 1. The van der Waals surface area contributed by atoms with Crippen molar-refractivity contribution in [3.63, 3.8) is 0 Å². The molecule has 0 unspecified atom stereocenters. The number of fused-ring (bicyclic) bond motifs is 1. The van der Waals surface area contributed by atoms with Crippen molar-refractivity contribution >= 4 is 22.7 Å². The van der Waals surface area contributed by atoms with Gasteiger partial charge in [-0.1, -0.05) is 31.0 Å². The minimum atomic E-state index is -0.989. The van der Waals surface area contributed by atoms with Crippen LogP contribution in [-0.4, -0.2) is 63.0 Å². The first-order chi connectivity index (χ1) is 16.7. The summed E-state index contributed by atoms with van der Waals surface area (Å²) in [6, 6.07) is 12.4. The Morgan fingerprint density at radius 1 is 0.912 bits per heavy atom. The van der Waals surface area contributed by atoms with Gasteiger partial charge >= 0.3 is 5.97 Å². The van der Waals surface area contributed by atoms with Crippen molar-refractivity contribution in [2.75, 3.05) is 31.1 Å². The zero-order chi connectivity index (χ0) is 23.1. The summed E-state index contributed by atoms with van der Waals surface area (Å²) < 4.78 is 1.86. The Morgan fingerprint density at radius 3 is 2.29 bits per heavy atom. The molecule has 6 rings (SSSR count). The number of hydrogen-bond donors (Lipinski definition) is 1. The Labute approximate surface area is 200 Å². The summed E-state index contributed by atoms with van der Waals surface area (Å²) >= 11 is 0. The minimum absolute atomic E-state index is 0.0953. The first-order valence-corrected chi connectivity index (χ1v) is 12.9. The van der Waals surface area contributed by atoms with E-state index in [1.807, 2.05) is 35.0 Å². The van der Waals surface area contributed by atoms with Gasteiger partial charge in [-0.2, -0.15) is 5.10 Å². The fourth-order valence-electron chi connectivity index (χ4n) is 5.95. The van der Waals surface area contributed by atoms with Crippen LogP contribution in [0, 0.1) is 0 Å². The number of benzene rings is 1.